The molecule has 0 saturated heterocycles. The largest absolute Gasteiger partial charge is 1.00 e. The Labute approximate surface area is 190 Å². The van der Waals surface area contributed by atoms with Crippen LogP contribution in [0.3, 0.4) is 0 Å². The number of rotatable bonds is 5. The second-order valence-electron chi connectivity index (χ2n) is 5.05. The van der Waals surface area contributed by atoms with Crippen molar-refractivity contribution in [3.05, 3.63) is 58.6 Å². The number of aromatic nitrogens is 3. The van der Waals surface area contributed by atoms with Crippen LogP contribution in [0.2, 0.25) is 10.6 Å². The topological polar surface area (TPSA) is 136 Å². The van der Waals surface area contributed by atoms with Gasteiger partial charge in [-0.3, -0.25) is 0 Å². The van der Waals surface area contributed by atoms with E-state index in [2.05, 4.69) is 30.5 Å². The van der Waals surface area contributed by atoms with E-state index in [9.17, 15) is 9.90 Å². The van der Waals surface area contributed by atoms with E-state index in [0.717, 1.165) is 6.07 Å². The number of hydrogen-bond donors (Lipinski definition) is 2. The fourth-order valence-electron chi connectivity index (χ4n) is 1.99. The molecule has 0 atom stereocenters. The van der Waals surface area contributed by atoms with E-state index in [4.69, 9.17) is 28.3 Å². The van der Waals surface area contributed by atoms with Gasteiger partial charge in [0.1, 0.15) is 0 Å². The van der Waals surface area contributed by atoms with E-state index in [1.54, 1.807) is 24.3 Å². The molecule has 0 amide bonds. The normalized spacial score (nSPS) is 10.5. The van der Waals surface area contributed by atoms with Crippen LogP contribution in [0, 0.1) is 0 Å². The Kier molecular flexibility index (Phi) is 7.67. The molecule has 9 nitrogen and oxygen atoms in total. The summed E-state index contributed by atoms with van der Waals surface area (Å²) in [5, 5.41) is 31.2. The van der Waals surface area contributed by atoms with Crippen molar-refractivity contribution < 1.29 is 44.6 Å². The first-order chi connectivity index (χ1) is 12.9. The maximum atomic E-state index is 11.4. The molecule has 28 heavy (non-hydrogen) atoms. The van der Waals surface area contributed by atoms with Crippen LogP contribution in [0.5, 0.6) is 5.75 Å². The minimum Gasteiger partial charge on any atom is -0.872 e. The molecule has 0 radical (unpaired) electrons. The number of carbonyl (C=O) groups is 1. The first-order valence-corrected chi connectivity index (χ1v) is 8.06. The monoisotopic (exact) mass is 426 g/mol. The summed E-state index contributed by atoms with van der Waals surface area (Å²) in [6.07, 6.45) is 0. The van der Waals surface area contributed by atoms with Gasteiger partial charge in [0.15, 0.2) is 0 Å². The summed E-state index contributed by atoms with van der Waals surface area (Å²) in [6, 6.07) is 10.4. The average molecular weight is 427 g/mol. The van der Waals surface area contributed by atoms with Crippen LogP contribution >= 0.6 is 23.2 Å². The fourth-order valence-corrected chi connectivity index (χ4v) is 2.35. The molecule has 0 aliphatic rings. The number of benzene rings is 2. The van der Waals surface area contributed by atoms with Gasteiger partial charge in [-0.2, -0.15) is 25.2 Å². The summed E-state index contributed by atoms with van der Waals surface area (Å²) >= 11 is 11.4. The van der Waals surface area contributed by atoms with E-state index in [1.165, 1.54) is 12.1 Å². The molecule has 1 heterocycles. The molecule has 12 heteroatoms. The molecular formula is C16H9Cl2N6NaO3. The number of halogens is 2. The number of carboxylic acids is 1. The van der Waals surface area contributed by atoms with Crippen molar-refractivity contribution in [3.8, 4) is 5.75 Å². The van der Waals surface area contributed by atoms with Gasteiger partial charge in [-0.25, -0.2) is 4.79 Å². The summed E-state index contributed by atoms with van der Waals surface area (Å²) in [5.74, 6) is -1.71. The molecular weight excluding hydrogens is 418 g/mol. The standard InChI is InChI=1S/C16H10Cl2N6O3.Na/c17-14-20-15(18)22-16(21-14)19-8-1-3-9(4-2-8)23-24-10-5-6-12(25)11(7-10)13(26)27;/h1-7,25H,(H,26,27)(H,19,20,21,22);/q;+1/p-1. The van der Waals surface area contributed by atoms with Crippen LogP contribution in [-0.4, -0.2) is 26.0 Å². The van der Waals surface area contributed by atoms with Gasteiger partial charge in [-0.15, -0.1) is 0 Å². The van der Waals surface area contributed by atoms with Gasteiger partial charge in [0, 0.05) is 5.69 Å². The van der Waals surface area contributed by atoms with E-state index < -0.39 is 11.7 Å². The number of nitrogens with one attached hydrogen (secondary N) is 1. The van der Waals surface area contributed by atoms with Crippen molar-refractivity contribution in [1.29, 1.82) is 0 Å². The van der Waals surface area contributed by atoms with Gasteiger partial charge in [0.2, 0.25) is 16.5 Å². The Morgan fingerprint density at radius 1 is 0.964 bits per heavy atom. The van der Waals surface area contributed by atoms with E-state index >= 15 is 0 Å². The Bertz CT molecular complexity index is 1010. The fraction of sp³-hybridized carbons (Fsp3) is 0. The summed E-state index contributed by atoms with van der Waals surface area (Å²) in [4.78, 5) is 22.4. The minimum atomic E-state index is -1.31. The first-order valence-electron chi connectivity index (χ1n) is 7.31. The SMILES string of the molecule is O=C(O)c1cc(N=Nc2ccc(Nc3nc(Cl)nc(Cl)n3)cc2)ccc1[O-].[Na+]. The van der Waals surface area contributed by atoms with E-state index in [1.807, 2.05) is 0 Å². The number of carboxylic acid groups (broad SMARTS) is 1. The van der Waals surface area contributed by atoms with Crippen LogP contribution in [-0.2, 0) is 0 Å². The van der Waals surface area contributed by atoms with Crippen molar-refractivity contribution in [2.24, 2.45) is 10.2 Å². The molecule has 136 valence electrons. The summed E-state index contributed by atoms with van der Waals surface area (Å²) in [7, 11) is 0. The summed E-state index contributed by atoms with van der Waals surface area (Å²) < 4.78 is 0. The molecule has 0 spiro atoms. The zero-order valence-electron chi connectivity index (χ0n) is 14.3. The smallest absolute Gasteiger partial charge is 0.872 e. The quantitative estimate of drug-likeness (QED) is 0.460. The zero-order chi connectivity index (χ0) is 19.4. The number of anilines is 2. The van der Waals surface area contributed by atoms with Gasteiger partial charge in [0.05, 0.1) is 16.9 Å². The molecule has 0 unspecified atom stereocenters. The molecule has 0 aliphatic carbocycles. The molecule has 0 aliphatic heterocycles. The Hall–Kier alpha value is -2.30. The Morgan fingerprint density at radius 3 is 2.14 bits per heavy atom. The molecule has 0 saturated carbocycles. The van der Waals surface area contributed by atoms with Crippen LogP contribution in [0.15, 0.2) is 52.7 Å². The number of aromatic carboxylic acids is 1. The molecule has 0 bridgehead atoms. The predicted octanol–water partition coefficient (Wildman–Crippen LogP) is 1.11. The molecule has 2 N–H and O–H groups in total. The first kappa shape index (κ1) is 22.0. The third-order valence-electron chi connectivity index (χ3n) is 3.18. The van der Waals surface area contributed by atoms with Crippen molar-refractivity contribution in [2.75, 3.05) is 5.32 Å². The summed E-state index contributed by atoms with van der Waals surface area (Å²) in [5.41, 5.74) is 1.05. The summed E-state index contributed by atoms with van der Waals surface area (Å²) in [6.45, 7) is 0. The maximum Gasteiger partial charge on any atom is 1.00 e. The molecule has 3 rings (SSSR count). The van der Waals surface area contributed by atoms with Crippen molar-refractivity contribution in [1.82, 2.24) is 15.0 Å². The zero-order valence-corrected chi connectivity index (χ0v) is 17.8. The predicted molar refractivity (Wildman–Crippen MR) is 96.6 cm³/mol. The number of azo groups is 1. The Morgan fingerprint density at radius 2 is 1.54 bits per heavy atom. The third-order valence-corrected chi connectivity index (χ3v) is 3.52. The van der Waals surface area contributed by atoms with Crippen LogP contribution in [0.4, 0.5) is 23.0 Å². The molecule has 3 aromatic rings. The van der Waals surface area contributed by atoms with Gasteiger partial charge >= 0.3 is 35.5 Å². The van der Waals surface area contributed by atoms with Crippen LogP contribution in [0.1, 0.15) is 10.4 Å². The van der Waals surface area contributed by atoms with Crippen molar-refractivity contribution >= 4 is 52.2 Å². The number of hydrogen-bond acceptors (Lipinski definition) is 8. The van der Waals surface area contributed by atoms with Gasteiger partial charge < -0.3 is 15.5 Å². The van der Waals surface area contributed by atoms with Crippen LogP contribution < -0.4 is 40.0 Å². The van der Waals surface area contributed by atoms with Crippen LogP contribution in [0.25, 0.3) is 0 Å². The van der Waals surface area contributed by atoms with Gasteiger partial charge in [-0.05, 0) is 59.6 Å². The van der Waals surface area contributed by atoms with Gasteiger partial charge in [-0.1, -0.05) is 11.8 Å². The van der Waals surface area contributed by atoms with E-state index in [-0.39, 0.29) is 57.3 Å². The number of nitrogens with zero attached hydrogens (tertiary/aromatic N) is 5. The average Bonchev–Trinajstić information content (AvgIpc) is 2.61. The minimum absolute atomic E-state index is 0. The molecule has 1 aromatic heterocycles. The third kappa shape index (κ3) is 5.85. The van der Waals surface area contributed by atoms with E-state index in [0.29, 0.717) is 11.4 Å². The Balaban J connectivity index is 0.00000280. The van der Waals surface area contributed by atoms with Crippen molar-refractivity contribution in [2.45, 2.75) is 0 Å². The molecule has 0 fully saturated rings. The van der Waals surface area contributed by atoms with Crippen molar-refractivity contribution in [3.63, 3.8) is 0 Å². The molecule has 2 aromatic carbocycles. The van der Waals surface area contributed by atoms with Gasteiger partial charge in [0.25, 0.3) is 0 Å². The maximum absolute atomic E-state index is 11.4. The second kappa shape index (κ2) is 9.76. The second-order valence-corrected chi connectivity index (χ2v) is 5.73.